The van der Waals surface area contributed by atoms with Gasteiger partial charge in [-0.25, -0.2) is 12.8 Å². The first-order valence-corrected chi connectivity index (χ1v) is 8.81. The van der Waals surface area contributed by atoms with Gasteiger partial charge in [0.15, 0.2) is 0 Å². The van der Waals surface area contributed by atoms with Crippen LogP contribution in [-0.2, 0) is 16.4 Å². The van der Waals surface area contributed by atoms with Crippen molar-refractivity contribution >= 4 is 9.84 Å². The van der Waals surface area contributed by atoms with E-state index in [0.717, 1.165) is 5.56 Å². The Bertz CT molecular complexity index is 903. The first-order chi connectivity index (χ1) is 11.6. The highest BCUT2D eigenvalue weighted by atomic mass is 32.2. The Hall–Kier alpha value is -2.66. The van der Waals surface area contributed by atoms with Gasteiger partial charge in [-0.1, -0.05) is 30.3 Å². The number of ether oxygens (including phenoxy) is 1. The van der Waals surface area contributed by atoms with Crippen molar-refractivity contribution in [1.82, 2.24) is 0 Å². The molecule has 3 aromatic carbocycles. The lowest BCUT2D eigenvalue weighted by Gasteiger charge is -2.08. The van der Waals surface area contributed by atoms with E-state index in [0.29, 0.717) is 5.75 Å². The van der Waals surface area contributed by atoms with Crippen molar-refractivity contribution in [2.75, 3.05) is 0 Å². The van der Waals surface area contributed by atoms with Crippen LogP contribution in [0.3, 0.4) is 0 Å². The van der Waals surface area contributed by atoms with E-state index in [-0.39, 0.29) is 22.2 Å². The number of rotatable bonds is 5. The SMILES string of the molecule is O=S(=O)(c1ccccc1)c1ccc(COc2ccc(F)cc2)cc1. The fourth-order valence-electron chi connectivity index (χ4n) is 2.20. The van der Waals surface area contributed by atoms with Gasteiger partial charge in [0.1, 0.15) is 18.2 Å². The quantitative estimate of drug-likeness (QED) is 0.697. The predicted octanol–water partition coefficient (Wildman–Crippen LogP) is 4.24. The second-order valence-electron chi connectivity index (χ2n) is 5.20. The normalized spacial score (nSPS) is 11.2. The van der Waals surface area contributed by atoms with Crippen LogP contribution < -0.4 is 4.74 Å². The van der Waals surface area contributed by atoms with Crippen LogP contribution in [0.2, 0.25) is 0 Å². The monoisotopic (exact) mass is 342 g/mol. The lowest BCUT2D eigenvalue weighted by molar-refractivity contribution is 0.305. The summed E-state index contributed by atoms with van der Waals surface area (Å²) in [4.78, 5) is 0.500. The lowest BCUT2D eigenvalue weighted by Crippen LogP contribution is -2.02. The molecule has 0 heterocycles. The van der Waals surface area contributed by atoms with Crippen molar-refractivity contribution in [2.45, 2.75) is 16.4 Å². The first-order valence-electron chi connectivity index (χ1n) is 7.33. The summed E-state index contributed by atoms with van der Waals surface area (Å²) in [5.41, 5.74) is 0.825. The van der Waals surface area contributed by atoms with E-state index >= 15 is 0 Å². The highest BCUT2D eigenvalue weighted by Crippen LogP contribution is 2.21. The van der Waals surface area contributed by atoms with Gasteiger partial charge in [-0.05, 0) is 54.1 Å². The molecule has 3 nitrogen and oxygen atoms in total. The maximum atomic E-state index is 12.8. The van der Waals surface area contributed by atoms with Crippen molar-refractivity contribution < 1.29 is 17.5 Å². The summed E-state index contributed by atoms with van der Waals surface area (Å²) in [6.07, 6.45) is 0. The van der Waals surface area contributed by atoms with Gasteiger partial charge in [0.25, 0.3) is 0 Å². The fourth-order valence-corrected chi connectivity index (χ4v) is 3.48. The minimum absolute atomic E-state index is 0.235. The van der Waals surface area contributed by atoms with Gasteiger partial charge in [-0.2, -0.15) is 0 Å². The zero-order chi connectivity index (χ0) is 17.0. The van der Waals surface area contributed by atoms with E-state index in [1.807, 2.05) is 0 Å². The van der Waals surface area contributed by atoms with Crippen LogP contribution in [0, 0.1) is 5.82 Å². The number of benzene rings is 3. The molecule has 0 saturated heterocycles. The van der Waals surface area contributed by atoms with Gasteiger partial charge in [0.2, 0.25) is 9.84 Å². The molecule has 0 amide bonds. The molecule has 3 aromatic rings. The molecule has 122 valence electrons. The van der Waals surface area contributed by atoms with E-state index in [9.17, 15) is 12.8 Å². The average Bonchev–Trinajstić information content (AvgIpc) is 2.62. The smallest absolute Gasteiger partial charge is 0.206 e. The van der Waals surface area contributed by atoms with Crippen LogP contribution in [0.15, 0.2) is 88.7 Å². The Balaban J connectivity index is 1.72. The lowest BCUT2D eigenvalue weighted by atomic mass is 10.2. The fraction of sp³-hybridized carbons (Fsp3) is 0.0526. The maximum absolute atomic E-state index is 12.8. The third-order valence-electron chi connectivity index (χ3n) is 3.51. The van der Waals surface area contributed by atoms with Gasteiger partial charge in [0.05, 0.1) is 9.79 Å². The van der Waals surface area contributed by atoms with Gasteiger partial charge >= 0.3 is 0 Å². The van der Waals surface area contributed by atoms with E-state index in [1.165, 1.54) is 12.1 Å². The summed E-state index contributed by atoms with van der Waals surface area (Å²) < 4.78 is 43.4. The van der Waals surface area contributed by atoms with Crippen molar-refractivity contribution in [3.05, 3.63) is 90.2 Å². The zero-order valence-electron chi connectivity index (χ0n) is 12.7. The molecule has 0 atom stereocenters. The molecular formula is C19H15FO3S. The highest BCUT2D eigenvalue weighted by molar-refractivity contribution is 7.91. The topological polar surface area (TPSA) is 43.4 Å². The largest absolute Gasteiger partial charge is 0.489 e. The van der Waals surface area contributed by atoms with E-state index in [4.69, 9.17) is 4.74 Å². The van der Waals surface area contributed by atoms with Crippen LogP contribution >= 0.6 is 0 Å². The highest BCUT2D eigenvalue weighted by Gasteiger charge is 2.16. The molecular weight excluding hydrogens is 327 g/mol. The summed E-state index contributed by atoms with van der Waals surface area (Å²) in [5.74, 6) is 0.232. The summed E-state index contributed by atoms with van der Waals surface area (Å²) in [7, 11) is -3.51. The van der Waals surface area contributed by atoms with Crippen molar-refractivity contribution in [3.63, 3.8) is 0 Å². The minimum atomic E-state index is -3.51. The van der Waals surface area contributed by atoms with Gasteiger partial charge in [-0.15, -0.1) is 0 Å². The van der Waals surface area contributed by atoms with Crippen molar-refractivity contribution in [3.8, 4) is 5.75 Å². The molecule has 0 aliphatic carbocycles. The molecule has 0 bridgehead atoms. The Morgan fingerprint density at radius 2 is 1.33 bits per heavy atom. The molecule has 0 unspecified atom stereocenters. The zero-order valence-corrected chi connectivity index (χ0v) is 13.5. The molecule has 0 aliphatic rings. The number of sulfone groups is 1. The predicted molar refractivity (Wildman–Crippen MR) is 89.1 cm³/mol. The number of hydrogen-bond acceptors (Lipinski definition) is 3. The van der Waals surface area contributed by atoms with Crippen LogP contribution in [0.5, 0.6) is 5.75 Å². The number of halogens is 1. The summed E-state index contributed by atoms with van der Waals surface area (Å²) in [6.45, 7) is 0.275. The summed E-state index contributed by atoms with van der Waals surface area (Å²) in [5, 5.41) is 0. The molecule has 0 radical (unpaired) electrons. The standard InChI is InChI=1S/C19H15FO3S/c20-16-8-10-17(11-9-16)23-14-15-6-12-19(13-7-15)24(21,22)18-4-2-1-3-5-18/h1-13H,14H2. The average molecular weight is 342 g/mol. The van der Waals surface area contributed by atoms with Crippen molar-refractivity contribution in [1.29, 1.82) is 0 Å². The molecule has 0 aromatic heterocycles. The van der Waals surface area contributed by atoms with Gasteiger partial charge < -0.3 is 4.74 Å². The van der Waals surface area contributed by atoms with Gasteiger partial charge in [-0.3, -0.25) is 0 Å². The first kappa shape index (κ1) is 16.2. The molecule has 0 spiro atoms. The third kappa shape index (κ3) is 3.63. The molecule has 0 fully saturated rings. The van der Waals surface area contributed by atoms with Crippen molar-refractivity contribution in [2.24, 2.45) is 0 Å². The van der Waals surface area contributed by atoms with Crippen LogP contribution in [0.1, 0.15) is 5.56 Å². The van der Waals surface area contributed by atoms with Crippen LogP contribution in [-0.4, -0.2) is 8.42 Å². The Kier molecular flexibility index (Phi) is 4.62. The third-order valence-corrected chi connectivity index (χ3v) is 5.29. The molecule has 0 aliphatic heterocycles. The molecule has 0 saturated carbocycles. The number of hydrogen-bond donors (Lipinski definition) is 0. The maximum Gasteiger partial charge on any atom is 0.206 e. The van der Waals surface area contributed by atoms with Crippen LogP contribution in [0.25, 0.3) is 0 Å². The second-order valence-corrected chi connectivity index (χ2v) is 7.15. The Morgan fingerprint density at radius 3 is 1.96 bits per heavy atom. The summed E-state index contributed by atoms with van der Waals surface area (Å²) >= 11 is 0. The summed E-state index contributed by atoms with van der Waals surface area (Å²) in [6, 6.07) is 20.6. The minimum Gasteiger partial charge on any atom is -0.489 e. The molecule has 24 heavy (non-hydrogen) atoms. The molecule has 5 heteroatoms. The molecule has 3 rings (SSSR count). The van der Waals surface area contributed by atoms with E-state index < -0.39 is 9.84 Å². The Labute approximate surface area is 140 Å². The Morgan fingerprint density at radius 1 is 0.750 bits per heavy atom. The van der Waals surface area contributed by atoms with E-state index in [1.54, 1.807) is 66.7 Å². The van der Waals surface area contributed by atoms with Gasteiger partial charge in [0, 0.05) is 0 Å². The second kappa shape index (κ2) is 6.84. The molecule has 0 N–H and O–H groups in total. The van der Waals surface area contributed by atoms with Crippen LogP contribution in [0.4, 0.5) is 4.39 Å². The van der Waals surface area contributed by atoms with E-state index in [2.05, 4.69) is 0 Å².